The minimum absolute atomic E-state index is 0.0233. The molecule has 1 saturated heterocycles. The van der Waals surface area contributed by atoms with Crippen LogP contribution in [0.25, 0.3) is 0 Å². The van der Waals surface area contributed by atoms with Gasteiger partial charge >= 0.3 is 0 Å². The Hall–Kier alpha value is -0.610. The molecule has 1 N–H and O–H groups in total. The summed E-state index contributed by atoms with van der Waals surface area (Å²) in [5.41, 5.74) is 0. The normalized spacial score (nSPS) is 26.9. The van der Waals surface area contributed by atoms with Gasteiger partial charge in [0.25, 0.3) is 0 Å². The van der Waals surface area contributed by atoms with Crippen molar-refractivity contribution < 1.29 is 9.53 Å². The summed E-state index contributed by atoms with van der Waals surface area (Å²) in [4.78, 5) is 14.2. The highest BCUT2D eigenvalue weighted by atomic mass is 16.5. The summed E-state index contributed by atoms with van der Waals surface area (Å²) in [5.74, 6) is 0.0233. The maximum Gasteiger partial charge on any atom is 0.246 e. The molecule has 4 heteroatoms. The zero-order valence-corrected chi connectivity index (χ0v) is 12.2. The van der Waals surface area contributed by atoms with Crippen LogP contribution in [-0.4, -0.2) is 49.7 Å². The van der Waals surface area contributed by atoms with Gasteiger partial charge in [0.1, 0.15) is 6.61 Å². The van der Waals surface area contributed by atoms with Crippen molar-refractivity contribution in [1.29, 1.82) is 0 Å². The smallest absolute Gasteiger partial charge is 0.246 e. The van der Waals surface area contributed by atoms with E-state index in [2.05, 4.69) is 10.2 Å². The average molecular weight is 268 g/mol. The summed E-state index contributed by atoms with van der Waals surface area (Å²) in [6.45, 7) is 2.42. The molecule has 1 amide bonds. The highest BCUT2D eigenvalue weighted by Crippen LogP contribution is 2.24. The Balaban J connectivity index is 1.80. The number of piperidine rings is 1. The largest absolute Gasteiger partial charge is 0.375 e. The first kappa shape index (κ1) is 14.8. The summed E-state index contributed by atoms with van der Waals surface area (Å²) in [7, 11) is 1.57. The molecule has 2 rings (SSSR count). The van der Waals surface area contributed by atoms with Crippen LogP contribution < -0.4 is 5.32 Å². The fourth-order valence-electron chi connectivity index (χ4n) is 3.48. The number of hydrogen-bond donors (Lipinski definition) is 1. The molecular weight excluding hydrogens is 240 g/mol. The molecule has 2 aliphatic rings. The molecule has 110 valence electrons. The summed E-state index contributed by atoms with van der Waals surface area (Å²) in [6, 6.07) is 1.07. The van der Waals surface area contributed by atoms with Crippen molar-refractivity contribution in [2.75, 3.05) is 26.8 Å². The molecule has 19 heavy (non-hydrogen) atoms. The van der Waals surface area contributed by atoms with E-state index in [1.165, 1.54) is 51.5 Å². The Bertz CT molecular complexity index is 275. The standard InChI is InChI=1S/C15H28N2O2/c1-19-12-15(18)16-13-7-6-10-17(11-13)14-8-4-2-3-5-9-14/h13-14H,2-12H2,1H3,(H,16,18). The van der Waals surface area contributed by atoms with Crippen LogP contribution in [0.4, 0.5) is 0 Å². The van der Waals surface area contributed by atoms with Crippen molar-refractivity contribution in [2.24, 2.45) is 0 Å². The Morgan fingerprint density at radius 2 is 1.89 bits per heavy atom. The molecule has 1 heterocycles. The number of likely N-dealkylation sites (tertiary alicyclic amines) is 1. The van der Waals surface area contributed by atoms with Gasteiger partial charge in [0.15, 0.2) is 0 Å². The molecule has 0 aromatic rings. The Morgan fingerprint density at radius 3 is 2.58 bits per heavy atom. The number of rotatable bonds is 4. The molecule has 1 aliphatic heterocycles. The zero-order valence-electron chi connectivity index (χ0n) is 12.2. The second kappa shape index (κ2) is 7.85. The lowest BCUT2D eigenvalue weighted by Crippen LogP contribution is -2.51. The molecule has 0 radical (unpaired) electrons. The maximum absolute atomic E-state index is 11.6. The van der Waals surface area contributed by atoms with Crippen LogP contribution in [0.15, 0.2) is 0 Å². The molecule has 1 aliphatic carbocycles. The van der Waals surface area contributed by atoms with Crippen molar-refractivity contribution in [1.82, 2.24) is 10.2 Å². The van der Waals surface area contributed by atoms with E-state index in [0.29, 0.717) is 6.04 Å². The van der Waals surface area contributed by atoms with Gasteiger partial charge in [-0.05, 0) is 32.2 Å². The molecule has 0 aromatic carbocycles. The number of amides is 1. The van der Waals surface area contributed by atoms with E-state index in [-0.39, 0.29) is 12.5 Å². The van der Waals surface area contributed by atoms with Crippen LogP contribution in [0.5, 0.6) is 0 Å². The lowest BCUT2D eigenvalue weighted by molar-refractivity contribution is -0.125. The first-order chi connectivity index (χ1) is 9.29. The van der Waals surface area contributed by atoms with E-state index in [0.717, 1.165) is 19.0 Å². The van der Waals surface area contributed by atoms with Gasteiger partial charge in [0.05, 0.1) is 0 Å². The minimum atomic E-state index is 0.0233. The van der Waals surface area contributed by atoms with Gasteiger partial charge in [0, 0.05) is 25.7 Å². The Kier molecular flexibility index (Phi) is 6.11. The topological polar surface area (TPSA) is 41.6 Å². The van der Waals surface area contributed by atoms with Crippen LogP contribution in [0.2, 0.25) is 0 Å². The molecule has 2 fully saturated rings. The number of carbonyl (C=O) groups is 1. The lowest BCUT2D eigenvalue weighted by Gasteiger charge is -2.38. The summed E-state index contributed by atoms with van der Waals surface area (Å²) < 4.78 is 4.88. The predicted molar refractivity (Wildman–Crippen MR) is 76.1 cm³/mol. The fraction of sp³-hybridized carbons (Fsp3) is 0.933. The monoisotopic (exact) mass is 268 g/mol. The Morgan fingerprint density at radius 1 is 1.16 bits per heavy atom. The molecule has 4 nitrogen and oxygen atoms in total. The van der Waals surface area contributed by atoms with Gasteiger partial charge in [-0.25, -0.2) is 0 Å². The summed E-state index contributed by atoms with van der Waals surface area (Å²) in [6.07, 6.45) is 10.6. The first-order valence-corrected chi connectivity index (χ1v) is 7.82. The minimum Gasteiger partial charge on any atom is -0.375 e. The average Bonchev–Trinajstić information content (AvgIpc) is 2.68. The van der Waals surface area contributed by atoms with Crippen LogP contribution in [0.1, 0.15) is 51.4 Å². The number of methoxy groups -OCH3 is 1. The third kappa shape index (κ3) is 4.77. The van der Waals surface area contributed by atoms with E-state index in [1.807, 2.05) is 0 Å². The second-order valence-electron chi connectivity index (χ2n) is 5.98. The molecule has 1 saturated carbocycles. The zero-order chi connectivity index (χ0) is 13.5. The SMILES string of the molecule is COCC(=O)NC1CCCN(C2CCCCCC2)C1. The van der Waals surface area contributed by atoms with Gasteiger partial charge < -0.3 is 10.1 Å². The third-order valence-corrected chi connectivity index (χ3v) is 4.43. The third-order valence-electron chi connectivity index (χ3n) is 4.43. The second-order valence-corrected chi connectivity index (χ2v) is 5.98. The van der Waals surface area contributed by atoms with Crippen molar-refractivity contribution >= 4 is 5.91 Å². The number of ether oxygens (including phenoxy) is 1. The van der Waals surface area contributed by atoms with Crippen LogP contribution in [-0.2, 0) is 9.53 Å². The van der Waals surface area contributed by atoms with Gasteiger partial charge in [-0.2, -0.15) is 0 Å². The maximum atomic E-state index is 11.6. The molecule has 1 unspecified atom stereocenters. The number of nitrogens with one attached hydrogen (secondary N) is 1. The van der Waals surface area contributed by atoms with Crippen molar-refractivity contribution in [3.05, 3.63) is 0 Å². The van der Waals surface area contributed by atoms with E-state index in [4.69, 9.17) is 4.74 Å². The van der Waals surface area contributed by atoms with Gasteiger partial charge in [-0.3, -0.25) is 9.69 Å². The lowest BCUT2D eigenvalue weighted by atomic mass is 10.00. The van der Waals surface area contributed by atoms with Crippen LogP contribution in [0.3, 0.4) is 0 Å². The summed E-state index contributed by atoms with van der Waals surface area (Å²) >= 11 is 0. The quantitative estimate of drug-likeness (QED) is 0.792. The van der Waals surface area contributed by atoms with Gasteiger partial charge in [0.2, 0.25) is 5.91 Å². The predicted octanol–water partition coefficient (Wildman–Crippen LogP) is 1.94. The van der Waals surface area contributed by atoms with Crippen LogP contribution in [0, 0.1) is 0 Å². The van der Waals surface area contributed by atoms with Gasteiger partial charge in [-0.1, -0.05) is 25.7 Å². The number of nitrogens with zero attached hydrogens (tertiary/aromatic N) is 1. The summed E-state index contributed by atoms with van der Waals surface area (Å²) in [5, 5.41) is 3.10. The van der Waals surface area contributed by atoms with Crippen LogP contribution >= 0.6 is 0 Å². The highest BCUT2D eigenvalue weighted by Gasteiger charge is 2.26. The molecule has 0 bridgehead atoms. The first-order valence-electron chi connectivity index (χ1n) is 7.82. The number of hydrogen-bond acceptors (Lipinski definition) is 3. The molecule has 0 aromatic heterocycles. The van der Waals surface area contributed by atoms with Crippen molar-refractivity contribution in [3.63, 3.8) is 0 Å². The number of carbonyl (C=O) groups excluding carboxylic acids is 1. The fourth-order valence-corrected chi connectivity index (χ4v) is 3.48. The van der Waals surface area contributed by atoms with Crippen molar-refractivity contribution in [2.45, 2.75) is 63.5 Å². The van der Waals surface area contributed by atoms with Crippen molar-refractivity contribution in [3.8, 4) is 0 Å². The highest BCUT2D eigenvalue weighted by molar-refractivity contribution is 5.77. The molecule has 0 spiro atoms. The Labute approximate surface area is 116 Å². The van der Waals surface area contributed by atoms with E-state index in [9.17, 15) is 4.79 Å². The van der Waals surface area contributed by atoms with E-state index in [1.54, 1.807) is 7.11 Å². The van der Waals surface area contributed by atoms with Gasteiger partial charge in [-0.15, -0.1) is 0 Å². The molecular formula is C15H28N2O2. The van der Waals surface area contributed by atoms with E-state index >= 15 is 0 Å². The van der Waals surface area contributed by atoms with E-state index < -0.39 is 0 Å². The molecule has 1 atom stereocenters.